The molecule has 0 aliphatic rings. The van der Waals surface area contributed by atoms with Crippen molar-refractivity contribution in [3.63, 3.8) is 0 Å². The highest BCUT2D eigenvalue weighted by Gasteiger charge is 2.17. The summed E-state index contributed by atoms with van der Waals surface area (Å²) < 4.78 is 0.907. The smallest absolute Gasteiger partial charge is 0.300 e. The number of hydrogen-bond acceptors (Lipinski definition) is 3. The predicted octanol–water partition coefficient (Wildman–Crippen LogP) is 2.91. The van der Waals surface area contributed by atoms with E-state index in [2.05, 4.69) is 4.98 Å². The van der Waals surface area contributed by atoms with Crippen molar-refractivity contribution in [1.82, 2.24) is 4.98 Å². The molecule has 0 N–H and O–H groups in total. The second kappa shape index (κ2) is 3.82. The largest absolute Gasteiger partial charge is 0.710 e. The van der Waals surface area contributed by atoms with Crippen molar-refractivity contribution < 1.29 is 4.73 Å². The lowest BCUT2D eigenvalue weighted by Gasteiger charge is -2.11. The van der Waals surface area contributed by atoms with Crippen molar-refractivity contribution in [2.24, 2.45) is 0 Å². The summed E-state index contributed by atoms with van der Waals surface area (Å²) in [5.41, 5.74) is 1.62. The van der Waals surface area contributed by atoms with Crippen LogP contribution in [0.5, 0.6) is 0 Å². The fourth-order valence-corrected chi connectivity index (χ4v) is 2.71. The molecular formula is C13H10N2OS. The van der Waals surface area contributed by atoms with Crippen molar-refractivity contribution in [3.8, 4) is 11.3 Å². The summed E-state index contributed by atoms with van der Waals surface area (Å²) in [6.45, 7) is 1.73. The van der Waals surface area contributed by atoms with Gasteiger partial charge in [-0.25, -0.2) is 4.73 Å². The van der Waals surface area contributed by atoms with Crippen LogP contribution in [0.1, 0.15) is 5.82 Å². The summed E-state index contributed by atoms with van der Waals surface area (Å²) in [4.78, 5) is 5.20. The zero-order valence-electron chi connectivity index (χ0n) is 9.25. The molecule has 4 heteroatoms. The Morgan fingerprint density at radius 2 is 1.94 bits per heavy atom. The molecule has 0 amide bonds. The van der Waals surface area contributed by atoms with E-state index in [1.54, 1.807) is 18.3 Å². The van der Waals surface area contributed by atoms with E-state index in [4.69, 9.17) is 0 Å². The molecule has 17 heavy (non-hydrogen) atoms. The fourth-order valence-electron chi connectivity index (χ4n) is 1.90. The van der Waals surface area contributed by atoms with Crippen LogP contribution in [-0.2, 0) is 0 Å². The summed E-state index contributed by atoms with van der Waals surface area (Å²) in [6.07, 6.45) is 0. The van der Waals surface area contributed by atoms with Crippen LogP contribution in [-0.4, -0.2) is 4.98 Å². The Labute approximate surface area is 103 Å². The maximum Gasteiger partial charge on any atom is 0.300 e. The van der Waals surface area contributed by atoms with E-state index < -0.39 is 0 Å². The normalized spacial score (nSPS) is 10.9. The number of benzene rings is 1. The maximum atomic E-state index is 12.1. The fraction of sp³-hybridized carbons (Fsp3) is 0.0769. The van der Waals surface area contributed by atoms with Gasteiger partial charge in [-0.2, -0.15) is 0 Å². The van der Waals surface area contributed by atoms with E-state index in [1.165, 1.54) is 0 Å². The van der Waals surface area contributed by atoms with Crippen LogP contribution in [0.25, 0.3) is 21.5 Å². The first-order valence-corrected chi connectivity index (χ1v) is 6.18. The van der Waals surface area contributed by atoms with Crippen molar-refractivity contribution in [2.75, 3.05) is 0 Å². The molecule has 2 heterocycles. The van der Waals surface area contributed by atoms with E-state index >= 15 is 0 Å². The van der Waals surface area contributed by atoms with Crippen molar-refractivity contribution in [2.45, 2.75) is 6.92 Å². The molecular weight excluding hydrogens is 232 g/mol. The summed E-state index contributed by atoms with van der Waals surface area (Å²) in [5.74, 6) is 0.485. The van der Waals surface area contributed by atoms with E-state index in [9.17, 15) is 5.21 Å². The molecule has 84 valence electrons. The molecule has 0 atom stereocenters. The highest BCUT2D eigenvalue weighted by atomic mass is 32.1. The van der Waals surface area contributed by atoms with Crippen molar-refractivity contribution in [1.29, 1.82) is 0 Å². The third-order valence-corrected chi connectivity index (χ3v) is 3.51. The van der Waals surface area contributed by atoms with Gasteiger partial charge in [-0.15, -0.1) is 0 Å². The monoisotopic (exact) mass is 242 g/mol. The molecule has 0 aliphatic heterocycles. The molecule has 1 aromatic carbocycles. The van der Waals surface area contributed by atoms with Gasteiger partial charge in [-0.3, -0.25) is 0 Å². The van der Waals surface area contributed by atoms with E-state index in [0.29, 0.717) is 11.5 Å². The van der Waals surface area contributed by atoms with Gasteiger partial charge in [0, 0.05) is 12.5 Å². The van der Waals surface area contributed by atoms with Crippen LogP contribution in [0.3, 0.4) is 0 Å². The average molecular weight is 242 g/mol. The lowest BCUT2D eigenvalue weighted by Crippen LogP contribution is -2.34. The number of thiophene rings is 1. The van der Waals surface area contributed by atoms with E-state index in [0.717, 1.165) is 20.5 Å². The number of aryl methyl sites for hydroxylation is 1. The zero-order chi connectivity index (χ0) is 11.8. The Kier molecular flexibility index (Phi) is 2.30. The minimum Gasteiger partial charge on any atom is -0.710 e. The topological polar surface area (TPSA) is 39.8 Å². The van der Waals surface area contributed by atoms with Gasteiger partial charge >= 0.3 is 5.82 Å². The number of hydrogen-bond donors (Lipinski definition) is 0. The Balaban J connectivity index is 2.42. The Bertz CT molecular complexity index is 676. The van der Waals surface area contributed by atoms with E-state index in [-0.39, 0.29) is 0 Å². The standard InChI is InChI=1S/C13H10N2OS/c1-9-14-13-11(7-8-17-13)12(15(9)16)10-5-3-2-4-6-10/h2-8H,1H3. The Hall–Kier alpha value is -1.94. The van der Waals surface area contributed by atoms with E-state index in [1.807, 2.05) is 41.8 Å². The quantitative estimate of drug-likeness (QED) is 0.486. The van der Waals surface area contributed by atoms with Gasteiger partial charge < -0.3 is 5.21 Å². The second-order valence-electron chi connectivity index (χ2n) is 3.81. The number of fused-ring (bicyclic) bond motifs is 1. The van der Waals surface area contributed by atoms with Crippen LogP contribution < -0.4 is 4.73 Å². The first-order chi connectivity index (χ1) is 8.27. The molecule has 0 fully saturated rings. The van der Waals surface area contributed by atoms with Crippen LogP contribution in [0.4, 0.5) is 0 Å². The van der Waals surface area contributed by atoms with Crippen LogP contribution in [0.2, 0.25) is 0 Å². The zero-order valence-corrected chi connectivity index (χ0v) is 10.1. The van der Waals surface area contributed by atoms with Crippen LogP contribution in [0, 0.1) is 12.1 Å². The molecule has 3 rings (SSSR count). The second-order valence-corrected chi connectivity index (χ2v) is 4.70. The minimum absolute atomic E-state index is 0.485. The molecule has 0 saturated heterocycles. The maximum absolute atomic E-state index is 12.1. The molecule has 0 spiro atoms. The molecule has 3 nitrogen and oxygen atoms in total. The molecule has 0 unspecified atom stereocenters. The highest BCUT2D eigenvalue weighted by Crippen LogP contribution is 2.27. The summed E-state index contributed by atoms with van der Waals surface area (Å²) in [7, 11) is 0. The molecule has 0 aliphatic carbocycles. The van der Waals surface area contributed by atoms with Gasteiger partial charge in [0.15, 0.2) is 0 Å². The van der Waals surface area contributed by atoms with Gasteiger partial charge in [0.05, 0.1) is 5.39 Å². The van der Waals surface area contributed by atoms with Gasteiger partial charge in [-0.1, -0.05) is 41.7 Å². The number of aromatic nitrogens is 2. The minimum atomic E-state index is 0.485. The lowest BCUT2D eigenvalue weighted by molar-refractivity contribution is -0.602. The molecule has 0 bridgehead atoms. The lowest BCUT2D eigenvalue weighted by atomic mass is 10.1. The summed E-state index contributed by atoms with van der Waals surface area (Å²) in [6, 6.07) is 11.6. The Morgan fingerprint density at radius 3 is 2.71 bits per heavy atom. The summed E-state index contributed by atoms with van der Waals surface area (Å²) in [5, 5.41) is 15.0. The van der Waals surface area contributed by atoms with Gasteiger partial charge in [0.25, 0.3) is 0 Å². The van der Waals surface area contributed by atoms with Gasteiger partial charge in [0.1, 0.15) is 5.69 Å². The average Bonchev–Trinajstić information content (AvgIpc) is 2.79. The predicted molar refractivity (Wildman–Crippen MR) is 68.8 cm³/mol. The Morgan fingerprint density at radius 1 is 1.18 bits per heavy atom. The molecule has 0 radical (unpaired) electrons. The first-order valence-electron chi connectivity index (χ1n) is 5.30. The molecule has 2 aromatic heterocycles. The first kappa shape index (κ1) is 10.2. The third kappa shape index (κ3) is 1.57. The van der Waals surface area contributed by atoms with Crippen molar-refractivity contribution in [3.05, 3.63) is 52.8 Å². The highest BCUT2D eigenvalue weighted by molar-refractivity contribution is 7.16. The van der Waals surface area contributed by atoms with Crippen molar-refractivity contribution >= 4 is 21.6 Å². The van der Waals surface area contributed by atoms with Gasteiger partial charge in [-0.05, 0) is 16.4 Å². The number of nitrogens with zero attached hydrogens (tertiary/aromatic N) is 2. The van der Waals surface area contributed by atoms with Crippen LogP contribution >= 0.6 is 11.3 Å². The van der Waals surface area contributed by atoms with Crippen LogP contribution in [0.15, 0.2) is 41.8 Å². The SMILES string of the molecule is Cc1nc2sccc2c(-c2ccccc2)[n+]1[O-]. The summed E-state index contributed by atoms with van der Waals surface area (Å²) >= 11 is 1.56. The molecule has 0 saturated carbocycles. The molecule has 3 aromatic rings. The van der Waals surface area contributed by atoms with Gasteiger partial charge in [0.2, 0.25) is 4.83 Å². The third-order valence-electron chi connectivity index (χ3n) is 2.71. The number of rotatable bonds is 1.